The van der Waals surface area contributed by atoms with Gasteiger partial charge in [-0.15, -0.1) is 0 Å². The monoisotopic (exact) mass is 272 g/mol. The van der Waals surface area contributed by atoms with Gasteiger partial charge >= 0.3 is 0 Å². The molecule has 96 valence electrons. The van der Waals surface area contributed by atoms with E-state index in [1.807, 2.05) is 30.1 Å². The molecular weight excluding hydrogens is 260 g/mol. The molecule has 1 aromatic heterocycles. The Kier molecular flexibility index (Phi) is 3.88. The molecule has 0 bridgehead atoms. The maximum Gasteiger partial charge on any atom is 0.142 e. The van der Waals surface area contributed by atoms with Crippen LogP contribution in [0.25, 0.3) is 0 Å². The van der Waals surface area contributed by atoms with Crippen LogP contribution in [-0.4, -0.2) is 12.0 Å². The molecule has 1 aromatic carbocycles. The molecular formula is C14H13ClN4. The molecule has 0 saturated carbocycles. The first-order valence-corrected chi connectivity index (χ1v) is 6.09. The third kappa shape index (κ3) is 3.15. The van der Waals surface area contributed by atoms with Crippen molar-refractivity contribution in [2.75, 3.05) is 17.7 Å². The van der Waals surface area contributed by atoms with Gasteiger partial charge in [-0.05, 0) is 35.9 Å². The number of halogens is 1. The average molecular weight is 273 g/mol. The Balaban J connectivity index is 2.23. The summed E-state index contributed by atoms with van der Waals surface area (Å²) in [6.07, 6.45) is 1.62. The predicted molar refractivity (Wildman–Crippen MR) is 76.9 cm³/mol. The van der Waals surface area contributed by atoms with Crippen LogP contribution in [0.4, 0.5) is 11.4 Å². The number of nitriles is 1. The second-order valence-electron chi connectivity index (χ2n) is 4.22. The lowest BCUT2D eigenvalue weighted by Gasteiger charge is -2.20. The molecule has 19 heavy (non-hydrogen) atoms. The van der Waals surface area contributed by atoms with Crippen LogP contribution in [-0.2, 0) is 6.54 Å². The number of pyridine rings is 1. The molecule has 5 heteroatoms. The Bertz CT molecular complexity index is 634. The summed E-state index contributed by atoms with van der Waals surface area (Å²) >= 11 is 6.14. The Morgan fingerprint density at radius 3 is 2.89 bits per heavy atom. The van der Waals surface area contributed by atoms with Gasteiger partial charge in [0.1, 0.15) is 11.8 Å². The van der Waals surface area contributed by atoms with Crippen molar-refractivity contribution in [1.29, 1.82) is 5.26 Å². The molecule has 0 amide bonds. The smallest absolute Gasteiger partial charge is 0.142 e. The summed E-state index contributed by atoms with van der Waals surface area (Å²) in [6, 6.07) is 11.0. The number of hydrogen-bond donors (Lipinski definition) is 1. The minimum Gasteiger partial charge on any atom is -0.399 e. The van der Waals surface area contributed by atoms with Crippen molar-refractivity contribution in [3.05, 3.63) is 52.8 Å². The zero-order valence-electron chi connectivity index (χ0n) is 10.5. The highest BCUT2D eigenvalue weighted by Crippen LogP contribution is 2.22. The van der Waals surface area contributed by atoms with E-state index < -0.39 is 0 Å². The fourth-order valence-electron chi connectivity index (χ4n) is 1.78. The van der Waals surface area contributed by atoms with E-state index in [9.17, 15) is 0 Å². The van der Waals surface area contributed by atoms with E-state index in [1.54, 1.807) is 24.4 Å². The van der Waals surface area contributed by atoms with Crippen molar-refractivity contribution in [2.24, 2.45) is 0 Å². The van der Waals surface area contributed by atoms with Gasteiger partial charge in [0.25, 0.3) is 0 Å². The average Bonchev–Trinajstić information content (AvgIpc) is 2.43. The number of anilines is 2. The second-order valence-corrected chi connectivity index (χ2v) is 4.63. The number of rotatable bonds is 3. The minimum absolute atomic E-state index is 0.392. The van der Waals surface area contributed by atoms with Gasteiger partial charge in [0.2, 0.25) is 0 Å². The molecule has 0 atom stereocenters. The zero-order chi connectivity index (χ0) is 13.8. The van der Waals surface area contributed by atoms with Gasteiger partial charge in [-0.3, -0.25) is 0 Å². The standard InChI is InChI=1S/C14H13ClN4/c1-19(13-4-5-18-12(7-13)8-16)9-10-6-11(17)2-3-14(10)15/h2-7H,9,17H2,1H3. The lowest BCUT2D eigenvalue weighted by molar-refractivity contribution is 0.920. The van der Waals surface area contributed by atoms with E-state index >= 15 is 0 Å². The fourth-order valence-corrected chi connectivity index (χ4v) is 1.96. The molecule has 0 aliphatic rings. The van der Waals surface area contributed by atoms with Crippen LogP contribution in [0, 0.1) is 11.3 Å². The van der Waals surface area contributed by atoms with E-state index in [-0.39, 0.29) is 0 Å². The van der Waals surface area contributed by atoms with Crippen molar-refractivity contribution >= 4 is 23.0 Å². The SMILES string of the molecule is CN(Cc1cc(N)ccc1Cl)c1ccnc(C#N)c1. The maximum atomic E-state index is 8.85. The topological polar surface area (TPSA) is 65.9 Å². The van der Waals surface area contributed by atoms with Gasteiger partial charge in [-0.25, -0.2) is 4.98 Å². The molecule has 0 saturated heterocycles. The van der Waals surface area contributed by atoms with Gasteiger partial charge in [0.15, 0.2) is 0 Å². The predicted octanol–water partition coefficient (Wildman–Crippen LogP) is 2.83. The van der Waals surface area contributed by atoms with Gasteiger partial charge in [0.05, 0.1) is 0 Å². The summed E-state index contributed by atoms with van der Waals surface area (Å²) in [6.45, 7) is 0.610. The molecule has 1 heterocycles. The Morgan fingerprint density at radius 1 is 1.37 bits per heavy atom. The quantitative estimate of drug-likeness (QED) is 0.873. The first kappa shape index (κ1) is 13.2. The van der Waals surface area contributed by atoms with Gasteiger partial charge in [-0.2, -0.15) is 5.26 Å². The van der Waals surface area contributed by atoms with E-state index in [4.69, 9.17) is 22.6 Å². The minimum atomic E-state index is 0.392. The number of nitrogens with two attached hydrogens (primary N) is 1. The summed E-state index contributed by atoms with van der Waals surface area (Å²) in [4.78, 5) is 5.93. The summed E-state index contributed by atoms with van der Waals surface area (Å²) < 4.78 is 0. The number of nitrogen functional groups attached to an aromatic ring is 1. The largest absolute Gasteiger partial charge is 0.399 e. The lowest BCUT2D eigenvalue weighted by atomic mass is 10.2. The van der Waals surface area contributed by atoms with Crippen LogP contribution >= 0.6 is 11.6 Å². The van der Waals surface area contributed by atoms with Crippen molar-refractivity contribution in [2.45, 2.75) is 6.54 Å². The third-order valence-corrected chi connectivity index (χ3v) is 3.14. The summed E-state index contributed by atoms with van der Waals surface area (Å²) in [7, 11) is 1.93. The molecule has 2 aromatic rings. The molecule has 0 unspecified atom stereocenters. The van der Waals surface area contributed by atoms with Crippen LogP contribution in [0.5, 0.6) is 0 Å². The van der Waals surface area contributed by atoms with Gasteiger partial charge < -0.3 is 10.6 Å². The molecule has 4 nitrogen and oxygen atoms in total. The molecule has 2 N–H and O–H groups in total. The van der Waals surface area contributed by atoms with Crippen molar-refractivity contribution in [1.82, 2.24) is 4.98 Å². The molecule has 0 fully saturated rings. The molecule has 0 spiro atoms. The van der Waals surface area contributed by atoms with E-state index in [2.05, 4.69) is 4.98 Å². The van der Waals surface area contributed by atoms with Gasteiger partial charge in [-0.1, -0.05) is 11.6 Å². The Hall–Kier alpha value is -2.25. The Morgan fingerprint density at radius 2 is 2.16 bits per heavy atom. The number of aromatic nitrogens is 1. The lowest BCUT2D eigenvalue weighted by Crippen LogP contribution is -2.17. The van der Waals surface area contributed by atoms with Crippen molar-refractivity contribution in [3.63, 3.8) is 0 Å². The van der Waals surface area contributed by atoms with Crippen molar-refractivity contribution < 1.29 is 0 Å². The highest BCUT2D eigenvalue weighted by Gasteiger charge is 2.07. The second kappa shape index (κ2) is 5.59. The fraction of sp³-hybridized carbons (Fsp3) is 0.143. The molecule has 0 aliphatic heterocycles. The number of benzene rings is 1. The first-order chi connectivity index (χ1) is 9.10. The number of hydrogen-bond acceptors (Lipinski definition) is 4. The zero-order valence-corrected chi connectivity index (χ0v) is 11.2. The normalized spacial score (nSPS) is 9.95. The Labute approximate surface area is 117 Å². The highest BCUT2D eigenvalue weighted by molar-refractivity contribution is 6.31. The van der Waals surface area contributed by atoms with E-state index in [0.29, 0.717) is 22.9 Å². The number of nitrogens with zero attached hydrogens (tertiary/aromatic N) is 3. The van der Waals surface area contributed by atoms with Gasteiger partial charge in [0, 0.05) is 36.2 Å². The van der Waals surface area contributed by atoms with Crippen LogP contribution in [0.1, 0.15) is 11.3 Å². The highest BCUT2D eigenvalue weighted by atomic mass is 35.5. The maximum absolute atomic E-state index is 8.85. The molecule has 0 radical (unpaired) electrons. The molecule has 2 rings (SSSR count). The van der Waals surface area contributed by atoms with E-state index in [1.165, 1.54) is 0 Å². The van der Waals surface area contributed by atoms with Crippen LogP contribution in [0.15, 0.2) is 36.5 Å². The van der Waals surface area contributed by atoms with Crippen LogP contribution < -0.4 is 10.6 Å². The van der Waals surface area contributed by atoms with Crippen LogP contribution in [0.2, 0.25) is 5.02 Å². The summed E-state index contributed by atoms with van der Waals surface area (Å²) in [5, 5.41) is 9.52. The summed E-state index contributed by atoms with van der Waals surface area (Å²) in [5.74, 6) is 0. The van der Waals surface area contributed by atoms with E-state index in [0.717, 1.165) is 11.3 Å². The van der Waals surface area contributed by atoms with Crippen molar-refractivity contribution in [3.8, 4) is 6.07 Å². The molecule has 0 aliphatic carbocycles. The third-order valence-electron chi connectivity index (χ3n) is 2.78. The van der Waals surface area contributed by atoms with Crippen LogP contribution in [0.3, 0.4) is 0 Å². The summed E-state index contributed by atoms with van der Waals surface area (Å²) in [5.41, 5.74) is 8.68. The first-order valence-electron chi connectivity index (χ1n) is 5.71.